The van der Waals surface area contributed by atoms with Crippen LogP contribution >= 0.6 is 15.9 Å². The summed E-state index contributed by atoms with van der Waals surface area (Å²) in [6, 6.07) is 20.2. The first-order valence-corrected chi connectivity index (χ1v) is 9.51. The van der Waals surface area contributed by atoms with Gasteiger partial charge in [0.1, 0.15) is 6.61 Å². The Morgan fingerprint density at radius 3 is 2.48 bits per heavy atom. The van der Waals surface area contributed by atoms with E-state index in [0.29, 0.717) is 18.1 Å². The van der Waals surface area contributed by atoms with Gasteiger partial charge in [-0.25, -0.2) is 0 Å². The van der Waals surface area contributed by atoms with Gasteiger partial charge in [0.15, 0.2) is 11.5 Å². The van der Waals surface area contributed by atoms with Gasteiger partial charge in [-0.3, -0.25) is 4.99 Å². The molecular weight excluding hydrogens is 402 g/mol. The monoisotopic (exact) mass is 423 g/mol. The topological polar surface area (TPSA) is 30.8 Å². The van der Waals surface area contributed by atoms with E-state index in [1.165, 1.54) is 5.56 Å². The van der Waals surface area contributed by atoms with Crippen molar-refractivity contribution in [2.75, 3.05) is 7.11 Å². The first-order valence-electron chi connectivity index (χ1n) is 8.72. The van der Waals surface area contributed by atoms with Crippen LogP contribution in [-0.2, 0) is 6.61 Å². The molecule has 3 aromatic carbocycles. The lowest BCUT2D eigenvalue weighted by molar-refractivity contribution is 0.282. The molecule has 0 spiro atoms. The van der Waals surface area contributed by atoms with Gasteiger partial charge in [0.25, 0.3) is 0 Å². The van der Waals surface area contributed by atoms with E-state index in [1.54, 1.807) is 7.11 Å². The van der Waals surface area contributed by atoms with Crippen molar-refractivity contribution in [1.82, 2.24) is 0 Å². The van der Waals surface area contributed by atoms with Crippen LogP contribution in [0, 0.1) is 13.8 Å². The molecule has 0 radical (unpaired) electrons. The van der Waals surface area contributed by atoms with E-state index in [0.717, 1.165) is 26.9 Å². The first kappa shape index (κ1) is 19.2. The predicted octanol–water partition coefficient (Wildman–Crippen LogP) is 6.40. The van der Waals surface area contributed by atoms with Crippen LogP contribution in [0.3, 0.4) is 0 Å². The highest BCUT2D eigenvalue weighted by atomic mass is 79.9. The van der Waals surface area contributed by atoms with E-state index in [2.05, 4.69) is 46.9 Å². The molecule has 0 atom stereocenters. The van der Waals surface area contributed by atoms with Gasteiger partial charge < -0.3 is 9.47 Å². The van der Waals surface area contributed by atoms with Gasteiger partial charge in [-0.2, -0.15) is 0 Å². The maximum Gasteiger partial charge on any atom is 0.175 e. The molecule has 138 valence electrons. The standard InChI is InChI=1S/C23H22BrNO2/c1-16-9-10-21(17(2)11-16)25-14-19-12-20(24)23(22(13-19)26-3)27-15-18-7-5-4-6-8-18/h4-14H,15H2,1-3H3. The Kier molecular flexibility index (Phi) is 6.30. The second-order valence-corrected chi connectivity index (χ2v) is 7.21. The number of rotatable bonds is 6. The molecule has 27 heavy (non-hydrogen) atoms. The average Bonchev–Trinajstić information content (AvgIpc) is 2.67. The Hall–Kier alpha value is -2.59. The summed E-state index contributed by atoms with van der Waals surface area (Å²) in [5.41, 5.74) is 5.38. The summed E-state index contributed by atoms with van der Waals surface area (Å²) in [5.74, 6) is 1.35. The van der Waals surface area contributed by atoms with Crippen molar-refractivity contribution >= 4 is 27.8 Å². The van der Waals surface area contributed by atoms with Crippen LogP contribution in [0.2, 0.25) is 0 Å². The van der Waals surface area contributed by atoms with Gasteiger partial charge in [-0.1, -0.05) is 48.0 Å². The molecule has 3 rings (SSSR count). The largest absolute Gasteiger partial charge is 0.493 e. The van der Waals surface area contributed by atoms with E-state index >= 15 is 0 Å². The van der Waals surface area contributed by atoms with Crippen molar-refractivity contribution in [2.45, 2.75) is 20.5 Å². The number of hydrogen-bond donors (Lipinski definition) is 0. The molecule has 0 N–H and O–H groups in total. The number of ether oxygens (including phenoxy) is 2. The minimum absolute atomic E-state index is 0.478. The molecule has 0 amide bonds. The summed E-state index contributed by atoms with van der Waals surface area (Å²) >= 11 is 3.60. The average molecular weight is 424 g/mol. The Labute approximate surface area is 168 Å². The Morgan fingerprint density at radius 2 is 1.78 bits per heavy atom. The summed E-state index contributed by atoms with van der Waals surface area (Å²) in [6.07, 6.45) is 1.84. The quantitative estimate of drug-likeness (QED) is 0.429. The molecule has 3 aromatic rings. The van der Waals surface area contributed by atoms with E-state index in [-0.39, 0.29) is 0 Å². The third kappa shape index (κ3) is 4.98. The zero-order valence-corrected chi connectivity index (χ0v) is 17.3. The minimum atomic E-state index is 0.478. The summed E-state index contributed by atoms with van der Waals surface area (Å²) in [6.45, 7) is 4.62. The van der Waals surface area contributed by atoms with Crippen molar-refractivity contribution in [1.29, 1.82) is 0 Å². The Bertz CT molecular complexity index is 952. The van der Waals surface area contributed by atoms with Crippen LogP contribution in [0.1, 0.15) is 22.3 Å². The first-order chi connectivity index (χ1) is 13.1. The molecule has 0 fully saturated rings. The Morgan fingerprint density at radius 1 is 1.00 bits per heavy atom. The van der Waals surface area contributed by atoms with Crippen LogP contribution < -0.4 is 9.47 Å². The Balaban J connectivity index is 1.82. The maximum absolute atomic E-state index is 5.98. The molecule has 0 saturated carbocycles. The molecule has 3 nitrogen and oxygen atoms in total. The van der Waals surface area contributed by atoms with Crippen molar-refractivity contribution in [2.24, 2.45) is 4.99 Å². The van der Waals surface area contributed by atoms with E-state index in [9.17, 15) is 0 Å². The number of aliphatic imine (C=N–C) groups is 1. The van der Waals surface area contributed by atoms with Gasteiger partial charge in [0.2, 0.25) is 0 Å². The lowest BCUT2D eigenvalue weighted by Crippen LogP contribution is -1.99. The third-order valence-electron chi connectivity index (χ3n) is 4.18. The van der Waals surface area contributed by atoms with Gasteiger partial charge in [-0.15, -0.1) is 0 Å². The van der Waals surface area contributed by atoms with Crippen molar-refractivity contribution < 1.29 is 9.47 Å². The highest BCUT2D eigenvalue weighted by molar-refractivity contribution is 9.10. The molecule has 0 aromatic heterocycles. The van der Waals surface area contributed by atoms with E-state index in [4.69, 9.17) is 9.47 Å². The molecule has 0 bridgehead atoms. The normalized spacial score (nSPS) is 11.0. The molecule has 0 saturated heterocycles. The molecule has 0 unspecified atom stereocenters. The summed E-state index contributed by atoms with van der Waals surface area (Å²) in [5, 5.41) is 0. The molecule has 0 aliphatic carbocycles. The smallest absolute Gasteiger partial charge is 0.175 e. The van der Waals surface area contributed by atoms with Gasteiger partial charge in [-0.05, 0) is 64.7 Å². The van der Waals surface area contributed by atoms with Gasteiger partial charge in [0.05, 0.1) is 17.3 Å². The van der Waals surface area contributed by atoms with E-state index < -0.39 is 0 Å². The number of aryl methyl sites for hydroxylation is 2. The number of nitrogens with zero attached hydrogens (tertiary/aromatic N) is 1. The van der Waals surface area contributed by atoms with Crippen molar-refractivity contribution in [3.05, 3.63) is 87.4 Å². The van der Waals surface area contributed by atoms with Gasteiger partial charge >= 0.3 is 0 Å². The fraction of sp³-hybridized carbons (Fsp3) is 0.174. The highest BCUT2D eigenvalue weighted by Crippen LogP contribution is 2.37. The fourth-order valence-electron chi connectivity index (χ4n) is 2.78. The van der Waals surface area contributed by atoms with Crippen molar-refractivity contribution in [3.8, 4) is 11.5 Å². The van der Waals surface area contributed by atoms with Crippen LogP contribution in [0.25, 0.3) is 0 Å². The van der Waals surface area contributed by atoms with Crippen LogP contribution in [0.5, 0.6) is 11.5 Å². The van der Waals surface area contributed by atoms with Crippen molar-refractivity contribution in [3.63, 3.8) is 0 Å². The number of methoxy groups -OCH3 is 1. The maximum atomic E-state index is 5.98. The predicted molar refractivity (Wildman–Crippen MR) is 115 cm³/mol. The lowest BCUT2D eigenvalue weighted by Gasteiger charge is -2.13. The molecule has 0 heterocycles. The second kappa shape index (κ2) is 8.87. The second-order valence-electron chi connectivity index (χ2n) is 6.36. The zero-order chi connectivity index (χ0) is 19.2. The SMILES string of the molecule is COc1cc(C=Nc2ccc(C)cc2C)cc(Br)c1OCc1ccccc1. The fourth-order valence-corrected chi connectivity index (χ4v) is 3.35. The highest BCUT2D eigenvalue weighted by Gasteiger charge is 2.11. The van der Waals surface area contributed by atoms with Crippen LogP contribution in [0.15, 0.2) is 70.1 Å². The third-order valence-corrected chi connectivity index (χ3v) is 4.77. The van der Waals surface area contributed by atoms with Crippen LogP contribution in [-0.4, -0.2) is 13.3 Å². The number of hydrogen-bond acceptors (Lipinski definition) is 3. The summed E-state index contributed by atoms with van der Waals surface area (Å²) in [7, 11) is 1.64. The minimum Gasteiger partial charge on any atom is -0.493 e. The molecule has 4 heteroatoms. The molecule has 0 aliphatic heterocycles. The van der Waals surface area contributed by atoms with E-state index in [1.807, 2.05) is 54.7 Å². The summed E-state index contributed by atoms with van der Waals surface area (Å²) in [4.78, 5) is 4.61. The van der Waals surface area contributed by atoms with Crippen LogP contribution in [0.4, 0.5) is 5.69 Å². The molecule has 0 aliphatic rings. The van der Waals surface area contributed by atoms with Gasteiger partial charge in [0, 0.05) is 6.21 Å². The lowest BCUT2D eigenvalue weighted by atomic mass is 10.1. The summed E-state index contributed by atoms with van der Waals surface area (Å²) < 4.78 is 12.3. The zero-order valence-electron chi connectivity index (χ0n) is 15.7. The number of benzene rings is 3. The number of halogens is 1. The molecular formula is C23H22BrNO2.